The van der Waals surface area contributed by atoms with Crippen LogP contribution in [0.5, 0.6) is 0 Å². The Labute approximate surface area is 234 Å². The number of hydrogen-bond acceptors (Lipinski definition) is 10. The molecule has 0 N–H and O–H groups in total. The average molecular weight is 577 g/mol. The Morgan fingerprint density at radius 2 is 1.05 bits per heavy atom. The topological polar surface area (TPSA) is 116 Å². The summed E-state index contributed by atoms with van der Waals surface area (Å²) in [6.45, 7) is 8.12. The molecule has 0 spiro atoms. The first-order chi connectivity index (χ1) is 19.0. The van der Waals surface area contributed by atoms with Gasteiger partial charge in [0, 0.05) is 6.42 Å². The quantitative estimate of drug-likeness (QED) is 0.0862. The van der Waals surface area contributed by atoms with Crippen molar-refractivity contribution in [3.8, 4) is 0 Å². The van der Waals surface area contributed by atoms with Gasteiger partial charge in [0.2, 0.25) is 0 Å². The Morgan fingerprint density at radius 3 is 1.56 bits per heavy atom. The van der Waals surface area contributed by atoms with Gasteiger partial charge in [-0.1, -0.05) is 56.7 Å². The van der Waals surface area contributed by atoms with Crippen LogP contribution in [0.2, 0.25) is 0 Å². The molecule has 0 radical (unpaired) electrons. The first-order valence-electron chi connectivity index (χ1n) is 14.0. The summed E-state index contributed by atoms with van der Waals surface area (Å²) in [5.41, 5.74) is 0.976. The molecule has 0 unspecified atom stereocenters. The molecule has 1 aromatic rings. The standard InChI is InChI=1S/C28H48O10S/c1-3-4-5-6-7-8-9-28(29)37-24-22-35-20-18-33-16-14-32-15-17-34-19-21-36-23-25-38-39(30,31)27-12-10-26(2)11-13-27/h10-13H,3-9,14-25H2,1-2H3. The van der Waals surface area contributed by atoms with Crippen molar-refractivity contribution in [1.29, 1.82) is 0 Å². The number of aryl methyl sites for hydroxylation is 1. The summed E-state index contributed by atoms with van der Waals surface area (Å²) in [6.07, 6.45) is 7.36. The predicted octanol–water partition coefficient (Wildman–Crippen LogP) is 4.08. The summed E-state index contributed by atoms with van der Waals surface area (Å²) in [5.74, 6) is -0.157. The lowest BCUT2D eigenvalue weighted by Crippen LogP contribution is -2.15. The first kappa shape index (κ1) is 35.4. The molecule has 0 aliphatic carbocycles. The van der Waals surface area contributed by atoms with Crippen LogP contribution in [0, 0.1) is 6.92 Å². The SMILES string of the molecule is CCCCCCCCC(=O)OCCOCCOCCOCCOCCOCCOS(=O)(=O)c1ccc(C)cc1. The molecular weight excluding hydrogens is 528 g/mol. The molecule has 0 aliphatic heterocycles. The third-order valence-electron chi connectivity index (χ3n) is 5.49. The second-order valence-corrected chi connectivity index (χ2v) is 10.5. The summed E-state index contributed by atoms with van der Waals surface area (Å²) < 4.78 is 61.1. The van der Waals surface area contributed by atoms with Crippen LogP contribution in [0.25, 0.3) is 0 Å². The van der Waals surface area contributed by atoms with E-state index in [9.17, 15) is 13.2 Å². The lowest BCUT2D eigenvalue weighted by Gasteiger charge is -2.09. The molecule has 1 aromatic carbocycles. The van der Waals surface area contributed by atoms with E-state index >= 15 is 0 Å². The van der Waals surface area contributed by atoms with E-state index in [0.717, 1.165) is 18.4 Å². The zero-order chi connectivity index (χ0) is 28.4. The molecule has 0 heterocycles. The molecule has 39 heavy (non-hydrogen) atoms. The summed E-state index contributed by atoms with van der Waals surface area (Å²) in [4.78, 5) is 11.8. The molecule has 0 aromatic heterocycles. The number of unbranched alkanes of at least 4 members (excludes halogenated alkanes) is 5. The van der Waals surface area contributed by atoms with E-state index in [2.05, 4.69) is 6.92 Å². The highest BCUT2D eigenvalue weighted by Gasteiger charge is 2.14. The van der Waals surface area contributed by atoms with Gasteiger partial charge in [0.05, 0.1) is 77.6 Å². The minimum absolute atomic E-state index is 0.0584. The van der Waals surface area contributed by atoms with Crippen molar-refractivity contribution < 1.29 is 45.8 Å². The van der Waals surface area contributed by atoms with Crippen LogP contribution in [0.15, 0.2) is 29.2 Å². The number of esters is 1. The van der Waals surface area contributed by atoms with Crippen LogP contribution < -0.4 is 0 Å². The second-order valence-electron chi connectivity index (χ2n) is 8.89. The molecule has 0 bridgehead atoms. The Hall–Kier alpha value is -1.60. The van der Waals surface area contributed by atoms with E-state index in [-0.39, 0.29) is 30.7 Å². The lowest BCUT2D eigenvalue weighted by molar-refractivity contribution is -0.145. The van der Waals surface area contributed by atoms with Gasteiger partial charge in [0.25, 0.3) is 10.1 Å². The van der Waals surface area contributed by atoms with Gasteiger partial charge in [-0.05, 0) is 25.5 Å². The zero-order valence-electron chi connectivity index (χ0n) is 23.7. The Morgan fingerprint density at radius 1 is 0.615 bits per heavy atom. The molecule has 1 rings (SSSR count). The number of carbonyl (C=O) groups excluding carboxylic acids is 1. The third-order valence-corrected chi connectivity index (χ3v) is 6.82. The monoisotopic (exact) mass is 576 g/mol. The van der Waals surface area contributed by atoms with E-state index in [1.54, 1.807) is 12.1 Å². The summed E-state index contributed by atoms with van der Waals surface area (Å²) in [6, 6.07) is 6.48. The van der Waals surface area contributed by atoms with Crippen molar-refractivity contribution in [2.45, 2.75) is 63.7 Å². The summed E-state index contributed by atoms with van der Waals surface area (Å²) >= 11 is 0. The second kappa shape index (κ2) is 24.2. The lowest BCUT2D eigenvalue weighted by atomic mass is 10.1. The van der Waals surface area contributed by atoms with Crippen LogP contribution in [0.3, 0.4) is 0 Å². The van der Waals surface area contributed by atoms with Crippen molar-refractivity contribution >= 4 is 16.1 Å². The van der Waals surface area contributed by atoms with Crippen molar-refractivity contribution in [3.05, 3.63) is 29.8 Å². The highest BCUT2D eigenvalue weighted by atomic mass is 32.2. The van der Waals surface area contributed by atoms with Crippen molar-refractivity contribution in [1.82, 2.24) is 0 Å². The Balaban J connectivity index is 1.77. The number of ether oxygens (including phenoxy) is 6. The van der Waals surface area contributed by atoms with E-state index in [1.165, 1.54) is 37.8 Å². The molecule has 0 atom stereocenters. The van der Waals surface area contributed by atoms with Gasteiger partial charge in [-0.25, -0.2) is 0 Å². The van der Waals surface area contributed by atoms with Crippen molar-refractivity contribution in [2.24, 2.45) is 0 Å². The smallest absolute Gasteiger partial charge is 0.305 e. The van der Waals surface area contributed by atoms with E-state index in [0.29, 0.717) is 65.9 Å². The maximum Gasteiger partial charge on any atom is 0.305 e. The molecule has 0 aliphatic rings. The van der Waals surface area contributed by atoms with Crippen molar-refractivity contribution in [2.75, 3.05) is 79.3 Å². The third kappa shape index (κ3) is 20.9. The van der Waals surface area contributed by atoms with Crippen LogP contribution in [-0.2, 0) is 47.5 Å². The van der Waals surface area contributed by atoms with Gasteiger partial charge < -0.3 is 28.4 Å². The molecule has 0 fully saturated rings. The van der Waals surface area contributed by atoms with E-state index in [1.807, 2.05) is 6.92 Å². The molecule has 10 nitrogen and oxygen atoms in total. The van der Waals surface area contributed by atoms with Crippen LogP contribution >= 0.6 is 0 Å². The fourth-order valence-electron chi connectivity index (χ4n) is 3.29. The average Bonchev–Trinajstić information content (AvgIpc) is 2.92. The molecular formula is C28H48O10S. The minimum Gasteiger partial charge on any atom is -0.463 e. The largest absolute Gasteiger partial charge is 0.463 e. The van der Waals surface area contributed by atoms with Gasteiger partial charge in [0.1, 0.15) is 6.61 Å². The van der Waals surface area contributed by atoms with Crippen LogP contribution in [0.4, 0.5) is 0 Å². The van der Waals surface area contributed by atoms with Gasteiger partial charge in [-0.2, -0.15) is 8.42 Å². The molecule has 11 heteroatoms. The van der Waals surface area contributed by atoms with Crippen LogP contribution in [-0.4, -0.2) is 93.7 Å². The Kier molecular flexibility index (Phi) is 22.0. The fourth-order valence-corrected chi connectivity index (χ4v) is 4.19. The minimum atomic E-state index is -3.77. The van der Waals surface area contributed by atoms with Gasteiger partial charge in [-0.15, -0.1) is 0 Å². The van der Waals surface area contributed by atoms with Crippen molar-refractivity contribution in [3.63, 3.8) is 0 Å². The number of hydrogen-bond donors (Lipinski definition) is 0. The van der Waals surface area contributed by atoms with Gasteiger partial charge in [0.15, 0.2) is 0 Å². The number of benzene rings is 1. The van der Waals surface area contributed by atoms with Gasteiger partial charge in [-0.3, -0.25) is 8.98 Å². The van der Waals surface area contributed by atoms with Crippen LogP contribution in [0.1, 0.15) is 57.4 Å². The summed E-state index contributed by atoms with van der Waals surface area (Å²) in [7, 11) is -3.77. The summed E-state index contributed by atoms with van der Waals surface area (Å²) in [5, 5.41) is 0. The van der Waals surface area contributed by atoms with E-state index in [4.69, 9.17) is 32.6 Å². The molecule has 0 saturated carbocycles. The maximum absolute atomic E-state index is 12.0. The Bertz CT molecular complexity index is 814. The maximum atomic E-state index is 12.0. The molecule has 0 amide bonds. The predicted molar refractivity (Wildman–Crippen MR) is 147 cm³/mol. The van der Waals surface area contributed by atoms with E-state index < -0.39 is 10.1 Å². The molecule has 226 valence electrons. The highest BCUT2D eigenvalue weighted by molar-refractivity contribution is 7.86. The number of rotatable bonds is 27. The first-order valence-corrected chi connectivity index (χ1v) is 15.4. The number of carbonyl (C=O) groups is 1. The zero-order valence-corrected chi connectivity index (χ0v) is 24.6. The highest BCUT2D eigenvalue weighted by Crippen LogP contribution is 2.13. The molecule has 0 saturated heterocycles. The normalized spacial score (nSPS) is 11.6. The van der Waals surface area contributed by atoms with Gasteiger partial charge >= 0.3 is 5.97 Å². The fraction of sp³-hybridized carbons (Fsp3) is 0.750.